The Balaban J connectivity index is 2.23. The molecule has 2 rings (SSSR count). The van der Waals surface area contributed by atoms with E-state index in [4.69, 9.17) is 0 Å². The van der Waals surface area contributed by atoms with Gasteiger partial charge < -0.3 is 0 Å². The van der Waals surface area contributed by atoms with E-state index in [-0.39, 0.29) is 5.78 Å². The van der Waals surface area contributed by atoms with Crippen LogP contribution in [0, 0.1) is 10.5 Å². The highest BCUT2D eigenvalue weighted by atomic mass is 127. The number of hydrogen-bond acceptors (Lipinski definition) is 2. The summed E-state index contributed by atoms with van der Waals surface area (Å²) in [5.74, 6) is 0.145. The van der Waals surface area contributed by atoms with Gasteiger partial charge in [-0.2, -0.15) is 5.10 Å². The predicted molar refractivity (Wildman–Crippen MR) is 75.1 cm³/mol. The highest BCUT2D eigenvalue weighted by Crippen LogP contribution is 2.18. The van der Waals surface area contributed by atoms with Gasteiger partial charge in [0, 0.05) is 28.8 Å². The molecule has 1 aromatic carbocycles. The first-order valence-corrected chi connectivity index (χ1v) is 6.41. The second kappa shape index (κ2) is 5.00. The number of rotatable bonds is 3. The monoisotopic (exact) mass is 340 g/mol. The van der Waals surface area contributed by atoms with Crippen molar-refractivity contribution in [1.29, 1.82) is 0 Å². The third kappa shape index (κ3) is 2.74. The number of aryl methyl sites for hydroxylation is 2. The van der Waals surface area contributed by atoms with Crippen molar-refractivity contribution in [2.75, 3.05) is 0 Å². The van der Waals surface area contributed by atoms with Gasteiger partial charge >= 0.3 is 0 Å². The Morgan fingerprint density at radius 1 is 1.47 bits per heavy atom. The minimum absolute atomic E-state index is 0.145. The molecule has 1 aromatic heterocycles. The first kappa shape index (κ1) is 12.3. The van der Waals surface area contributed by atoms with Gasteiger partial charge in [0.15, 0.2) is 5.78 Å². The van der Waals surface area contributed by atoms with E-state index >= 15 is 0 Å². The van der Waals surface area contributed by atoms with E-state index in [1.807, 2.05) is 38.4 Å². The van der Waals surface area contributed by atoms with Crippen LogP contribution in [0.1, 0.15) is 21.5 Å². The number of Topliss-reactive ketones (excluding diaryl/α,β-unsaturated/α-hetero) is 1. The van der Waals surface area contributed by atoms with Crippen molar-refractivity contribution in [2.24, 2.45) is 7.05 Å². The van der Waals surface area contributed by atoms with Gasteiger partial charge in [0.2, 0.25) is 0 Å². The Bertz CT molecular complexity index is 560. The smallest absolute Gasteiger partial charge is 0.168 e. The molecule has 0 fully saturated rings. The molecule has 0 atom stereocenters. The second-order valence-electron chi connectivity index (χ2n) is 4.06. The van der Waals surface area contributed by atoms with Crippen LogP contribution in [0.2, 0.25) is 0 Å². The molecule has 0 aliphatic heterocycles. The Labute approximate surface area is 114 Å². The molecule has 17 heavy (non-hydrogen) atoms. The highest BCUT2D eigenvalue weighted by Gasteiger charge is 2.12. The van der Waals surface area contributed by atoms with Crippen molar-refractivity contribution in [3.05, 3.63) is 50.9 Å². The number of aromatic nitrogens is 2. The Morgan fingerprint density at radius 3 is 2.88 bits per heavy atom. The normalized spacial score (nSPS) is 10.5. The Morgan fingerprint density at radius 2 is 2.24 bits per heavy atom. The molecule has 1 heterocycles. The number of hydrogen-bond donors (Lipinski definition) is 0. The molecule has 88 valence electrons. The first-order valence-electron chi connectivity index (χ1n) is 5.34. The van der Waals surface area contributed by atoms with Crippen molar-refractivity contribution >= 4 is 28.4 Å². The summed E-state index contributed by atoms with van der Waals surface area (Å²) in [7, 11) is 1.85. The molecule has 2 aromatic rings. The van der Waals surface area contributed by atoms with Crippen molar-refractivity contribution in [2.45, 2.75) is 13.3 Å². The molecule has 0 amide bonds. The number of nitrogens with zero attached hydrogens (tertiary/aromatic N) is 2. The van der Waals surface area contributed by atoms with Gasteiger partial charge in [0.25, 0.3) is 0 Å². The number of halogens is 1. The van der Waals surface area contributed by atoms with Crippen LogP contribution in [0.4, 0.5) is 0 Å². The van der Waals surface area contributed by atoms with Gasteiger partial charge in [0.1, 0.15) is 0 Å². The fourth-order valence-electron chi connectivity index (χ4n) is 1.71. The quantitative estimate of drug-likeness (QED) is 0.636. The van der Waals surface area contributed by atoms with Crippen LogP contribution in [0.25, 0.3) is 0 Å². The maximum atomic E-state index is 12.2. The van der Waals surface area contributed by atoms with Crippen LogP contribution in [-0.4, -0.2) is 15.6 Å². The molecule has 0 unspecified atom stereocenters. The largest absolute Gasteiger partial charge is 0.294 e. The van der Waals surface area contributed by atoms with E-state index < -0.39 is 0 Å². The van der Waals surface area contributed by atoms with Gasteiger partial charge in [-0.1, -0.05) is 18.2 Å². The van der Waals surface area contributed by atoms with Crippen LogP contribution in [0.15, 0.2) is 30.6 Å². The lowest BCUT2D eigenvalue weighted by Gasteiger charge is -2.05. The summed E-state index contributed by atoms with van der Waals surface area (Å²) in [5, 5.41) is 4.07. The molecular weight excluding hydrogens is 327 g/mol. The van der Waals surface area contributed by atoms with Gasteiger partial charge in [-0.05, 0) is 40.6 Å². The molecule has 0 bridgehead atoms. The van der Waals surface area contributed by atoms with E-state index in [2.05, 4.69) is 27.7 Å². The van der Waals surface area contributed by atoms with Crippen LogP contribution in [-0.2, 0) is 13.5 Å². The minimum Gasteiger partial charge on any atom is -0.294 e. The summed E-state index contributed by atoms with van der Waals surface area (Å²) in [6.45, 7) is 2.02. The van der Waals surface area contributed by atoms with Crippen LogP contribution in [0.5, 0.6) is 0 Å². The van der Waals surface area contributed by atoms with Crippen molar-refractivity contribution < 1.29 is 4.79 Å². The summed E-state index contributed by atoms with van der Waals surface area (Å²) >= 11 is 2.23. The molecule has 0 aliphatic rings. The summed E-state index contributed by atoms with van der Waals surface area (Å²) < 4.78 is 2.75. The maximum absolute atomic E-state index is 12.2. The number of ketones is 1. The number of benzene rings is 1. The fraction of sp³-hybridized carbons (Fsp3) is 0.231. The van der Waals surface area contributed by atoms with E-state index in [0.29, 0.717) is 6.42 Å². The van der Waals surface area contributed by atoms with E-state index in [1.54, 1.807) is 10.9 Å². The standard InChI is InChI=1S/C13H13IN2O/c1-9-4-3-5-11(13(9)14)12(17)6-10-7-15-16(2)8-10/h3-5,7-8H,6H2,1-2H3. The van der Waals surface area contributed by atoms with Crippen molar-refractivity contribution in [3.63, 3.8) is 0 Å². The zero-order valence-electron chi connectivity index (χ0n) is 9.77. The first-order chi connectivity index (χ1) is 8.08. The van der Waals surface area contributed by atoms with Crippen LogP contribution < -0.4 is 0 Å². The van der Waals surface area contributed by atoms with E-state index in [0.717, 1.165) is 20.3 Å². The summed E-state index contributed by atoms with van der Waals surface area (Å²) in [5.41, 5.74) is 2.90. The highest BCUT2D eigenvalue weighted by molar-refractivity contribution is 14.1. The van der Waals surface area contributed by atoms with Crippen molar-refractivity contribution in [1.82, 2.24) is 9.78 Å². The molecular formula is C13H13IN2O. The molecule has 3 nitrogen and oxygen atoms in total. The van der Waals surface area contributed by atoms with Crippen LogP contribution in [0.3, 0.4) is 0 Å². The van der Waals surface area contributed by atoms with Gasteiger partial charge in [0.05, 0.1) is 6.20 Å². The van der Waals surface area contributed by atoms with Crippen LogP contribution >= 0.6 is 22.6 Å². The fourth-order valence-corrected chi connectivity index (χ4v) is 2.37. The third-order valence-corrected chi connectivity index (χ3v) is 4.05. The molecule has 0 saturated heterocycles. The lowest BCUT2D eigenvalue weighted by Crippen LogP contribution is -2.06. The Kier molecular flexibility index (Phi) is 3.61. The van der Waals surface area contributed by atoms with Gasteiger partial charge in [-0.25, -0.2) is 0 Å². The number of carbonyl (C=O) groups excluding carboxylic acids is 1. The summed E-state index contributed by atoms with van der Waals surface area (Å²) in [4.78, 5) is 12.2. The average Bonchev–Trinajstić information content (AvgIpc) is 2.68. The molecule has 0 aliphatic carbocycles. The lowest BCUT2D eigenvalue weighted by molar-refractivity contribution is 0.0992. The third-order valence-electron chi connectivity index (χ3n) is 2.62. The Hall–Kier alpha value is -1.17. The molecule has 0 radical (unpaired) electrons. The molecule has 0 N–H and O–H groups in total. The summed E-state index contributed by atoms with van der Waals surface area (Å²) in [6.07, 6.45) is 4.02. The molecule has 4 heteroatoms. The molecule has 0 spiro atoms. The van der Waals surface area contributed by atoms with Crippen molar-refractivity contribution in [3.8, 4) is 0 Å². The maximum Gasteiger partial charge on any atom is 0.168 e. The number of carbonyl (C=O) groups is 1. The average molecular weight is 340 g/mol. The van der Waals surface area contributed by atoms with Gasteiger partial charge in [-0.3, -0.25) is 9.48 Å². The molecule has 0 saturated carbocycles. The SMILES string of the molecule is Cc1cccc(C(=O)Cc2cnn(C)c2)c1I. The summed E-state index contributed by atoms with van der Waals surface area (Å²) in [6, 6.07) is 5.82. The minimum atomic E-state index is 0.145. The zero-order chi connectivity index (χ0) is 12.4. The van der Waals surface area contributed by atoms with E-state index in [9.17, 15) is 4.79 Å². The van der Waals surface area contributed by atoms with E-state index in [1.165, 1.54) is 0 Å². The lowest BCUT2D eigenvalue weighted by atomic mass is 10.0. The predicted octanol–water partition coefficient (Wildman–Crippen LogP) is 2.76. The topological polar surface area (TPSA) is 34.9 Å². The van der Waals surface area contributed by atoms with Gasteiger partial charge in [-0.15, -0.1) is 0 Å². The zero-order valence-corrected chi connectivity index (χ0v) is 11.9. The second-order valence-corrected chi connectivity index (χ2v) is 5.14.